The maximum atomic E-state index is 12.4. The number of ketones is 2. The van der Waals surface area contributed by atoms with Gasteiger partial charge < -0.3 is 18.9 Å². The lowest BCUT2D eigenvalue weighted by Crippen LogP contribution is -2.45. The summed E-state index contributed by atoms with van der Waals surface area (Å²) in [5.74, 6) is 3.18. The molecule has 3 heterocycles. The Hall–Kier alpha value is -4.13. The van der Waals surface area contributed by atoms with Crippen molar-refractivity contribution in [3.63, 3.8) is 0 Å². The van der Waals surface area contributed by atoms with Crippen molar-refractivity contribution in [1.82, 2.24) is 0 Å². The van der Waals surface area contributed by atoms with Gasteiger partial charge in [-0.2, -0.15) is 4.57 Å². The lowest BCUT2D eigenvalue weighted by Gasteiger charge is -2.24. The molecule has 0 amide bonds. The molecule has 0 saturated heterocycles. The van der Waals surface area contributed by atoms with E-state index >= 15 is 0 Å². The minimum Gasteiger partial charge on any atom is -0.493 e. The average molecular weight is 611 g/mol. The minimum absolute atomic E-state index is 0.0122. The van der Waals surface area contributed by atoms with Crippen LogP contribution in [0, 0.1) is 0 Å². The van der Waals surface area contributed by atoms with Crippen molar-refractivity contribution in [3.05, 3.63) is 64.9 Å². The summed E-state index contributed by atoms with van der Waals surface area (Å²) >= 11 is 0. The van der Waals surface area contributed by atoms with E-state index in [0.29, 0.717) is 29.2 Å². The second-order valence-electron chi connectivity index (χ2n) is 12.6. The van der Waals surface area contributed by atoms with Gasteiger partial charge in [0.1, 0.15) is 0 Å². The zero-order chi connectivity index (χ0) is 31.5. The van der Waals surface area contributed by atoms with E-state index in [-0.39, 0.29) is 18.4 Å². The van der Waals surface area contributed by atoms with Gasteiger partial charge in [0.25, 0.3) is 0 Å². The number of carbonyl (C=O) groups is 2. The Bertz CT molecular complexity index is 1700. The summed E-state index contributed by atoms with van der Waals surface area (Å²) in [7, 11) is 3.38. The molecule has 0 saturated carbocycles. The zero-order valence-electron chi connectivity index (χ0n) is 27.0. The van der Waals surface area contributed by atoms with Crippen molar-refractivity contribution in [2.45, 2.75) is 90.5 Å². The lowest BCUT2D eigenvalue weighted by atomic mass is 9.88. The van der Waals surface area contributed by atoms with Crippen LogP contribution in [0.5, 0.6) is 23.0 Å². The Morgan fingerprint density at radius 1 is 0.844 bits per heavy atom. The van der Waals surface area contributed by atoms with Gasteiger partial charge in [-0.1, -0.05) is 38.5 Å². The number of pyridine rings is 1. The molecule has 0 radical (unpaired) electrons. The maximum Gasteiger partial charge on any atom is 0.231 e. The lowest BCUT2D eigenvalue weighted by molar-refractivity contribution is -0.714. The third-order valence-electron chi connectivity index (χ3n) is 9.78. The molecule has 7 heteroatoms. The van der Waals surface area contributed by atoms with E-state index in [1.165, 1.54) is 55.3 Å². The molecule has 0 spiro atoms. The van der Waals surface area contributed by atoms with Crippen molar-refractivity contribution in [2.75, 3.05) is 21.0 Å². The van der Waals surface area contributed by atoms with Gasteiger partial charge in [0.15, 0.2) is 46.8 Å². The number of carbonyl (C=O) groups excluding carboxylic acids is 2. The minimum atomic E-state index is -0.0122. The van der Waals surface area contributed by atoms with Crippen LogP contribution in [-0.2, 0) is 16.0 Å². The predicted molar refractivity (Wildman–Crippen MR) is 174 cm³/mol. The fraction of sp³-hybridized carbons (Fsp3) is 0.447. The van der Waals surface area contributed by atoms with E-state index in [2.05, 4.69) is 35.0 Å². The molecule has 2 aromatic carbocycles. The third kappa shape index (κ3) is 6.22. The molecular formula is C38H44NO6+. The van der Waals surface area contributed by atoms with E-state index < -0.39 is 0 Å². The van der Waals surface area contributed by atoms with E-state index in [9.17, 15) is 9.59 Å². The molecule has 3 aliphatic rings. The standard InChI is InChI=1S/C38H44NO6/c1-24-25(2)37(41)27(19-33(24)40)13-11-9-7-5-6-8-10-12-14-29-17-28-20-35-36(45-23-44-35)21-30(28)32-18-26-15-16-34(42-3)38(43-4)31(26)22-39(29)32/h15-16,18-22,29H,5-14,17,23H2,1-4H3/q+1. The Morgan fingerprint density at radius 3 is 2.29 bits per heavy atom. The molecule has 0 bridgehead atoms. The van der Waals surface area contributed by atoms with E-state index in [1.807, 2.05) is 6.07 Å². The Morgan fingerprint density at radius 2 is 1.56 bits per heavy atom. The van der Waals surface area contributed by atoms with Crippen LogP contribution in [-0.4, -0.2) is 32.6 Å². The first-order valence-electron chi connectivity index (χ1n) is 16.4. The predicted octanol–water partition coefficient (Wildman–Crippen LogP) is 7.95. The number of methoxy groups -OCH3 is 2. The van der Waals surface area contributed by atoms with Crippen LogP contribution in [0.4, 0.5) is 0 Å². The molecule has 45 heavy (non-hydrogen) atoms. The maximum absolute atomic E-state index is 12.4. The number of fused-ring (bicyclic) bond motifs is 5. The highest BCUT2D eigenvalue weighted by atomic mass is 16.7. The zero-order valence-corrected chi connectivity index (χ0v) is 27.0. The molecule has 2 aliphatic heterocycles. The number of aromatic nitrogens is 1. The quantitative estimate of drug-likeness (QED) is 0.111. The van der Waals surface area contributed by atoms with E-state index in [1.54, 1.807) is 34.1 Å². The average Bonchev–Trinajstić information content (AvgIpc) is 3.52. The van der Waals surface area contributed by atoms with Crippen molar-refractivity contribution in [2.24, 2.45) is 0 Å². The molecule has 1 unspecified atom stereocenters. The number of nitrogens with zero attached hydrogens (tertiary/aromatic N) is 1. The second-order valence-corrected chi connectivity index (χ2v) is 12.6. The van der Waals surface area contributed by atoms with Crippen molar-refractivity contribution in [3.8, 4) is 34.3 Å². The van der Waals surface area contributed by atoms with Crippen molar-refractivity contribution >= 4 is 22.3 Å². The molecule has 7 nitrogen and oxygen atoms in total. The summed E-state index contributed by atoms with van der Waals surface area (Å²) in [4.78, 5) is 24.5. The molecule has 0 fully saturated rings. The van der Waals surface area contributed by atoms with Crippen LogP contribution < -0.4 is 23.5 Å². The SMILES string of the molecule is COc1ccc2cc3[n+](cc2c1OC)C(CCCCCCCCCCC1=CC(=O)C(C)=C(C)C1=O)Cc1cc2c(cc1-3)OCO2. The van der Waals surface area contributed by atoms with Crippen LogP contribution >= 0.6 is 0 Å². The first-order chi connectivity index (χ1) is 21.9. The van der Waals surface area contributed by atoms with Crippen LogP contribution in [0.1, 0.15) is 89.7 Å². The highest BCUT2D eigenvalue weighted by Crippen LogP contribution is 2.43. The molecule has 3 aromatic rings. The molecule has 6 rings (SSSR count). The van der Waals surface area contributed by atoms with Crippen molar-refractivity contribution < 1.29 is 33.1 Å². The van der Waals surface area contributed by atoms with Gasteiger partial charge in [-0.25, -0.2) is 0 Å². The van der Waals surface area contributed by atoms with Crippen LogP contribution in [0.2, 0.25) is 0 Å². The normalized spacial score (nSPS) is 17.0. The number of unbranched alkanes of at least 4 members (excludes halogenated alkanes) is 7. The summed E-state index contributed by atoms with van der Waals surface area (Å²) in [6.45, 7) is 3.77. The number of rotatable bonds is 13. The number of allylic oxidation sites excluding steroid dienone is 4. The van der Waals surface area contributed by atoms with Crippen molar-refractivity contribution in [1.29, 1.82) is 0 Å². The Kier molecular flexibility index (Phi) is 9.24. The topological polar surface area (TPSA) is 74.9 Å². The van der Waals surface area contributed by atoms with Gasteiger partial charge >= 0.3 is 0 Å². The molecule has 1 aromatic heterocycles. The smallest absolute Gasteiger partial charge is 0.231 e. The first kappa shape index (κ1) is 30.9. The molecule has 1 aliphatic carbocycles. The van der Waals surface area contributed by atoms with Gasteiger partial charge in [-0.05, 0) is 74.4 Å². The van der Waals surface area contributed by atoms with Gasteiger partial charge in [0.2, 0.25) is 12.5 Å². The second kappa shape index (κ2) is 13.5. The summed E-state index contributed by atoms with van der Waals surface area (Å²) in [6, 6.07) is 11.0. The van der Waals surface area contributed by atoms with E-state index in [0.717, 1.165) is 59.5 Å². The van der Waals surface area contributed by atoms with Crippen LogP contribution in [0.15, 0.2) is 59.3 Å². The largest absolute Gasteiger partial charge is 0.493 e. The number of hydrogen-bond acceptors (Lipinski definition) is 6. The number of ether oxygens (including phenoxy) is 4. The monoisotopic (exact) mass is 610 g/mol. The Labute approximate surface area is 265 Å². The van der Waals surface area contributed by atoms with Gasteiger partial charge in [0.05, 0.1) is 25.2 Å². The molecule has 0 N–H and O–H groups in total. The molecule has 236 valence electrons. The van der Waals surface area contributed by atoms with Gasteiger partial charge in [-0.15, -0.1) is 0 Å². The van der Waals surface area contributed by atoms with Crippen LogP contribution in [0.25, 0.3) is 22.0 Å². The fourth-order valence-electron chi connectivity index (χ4n) is 7.03. The first-order valence-corrected chi connectivity index (χ1v) is 16.4. The van der Waals surface area contributed by atoms with Gasteiger partial charge in [-0.3, -0.25) is 9.59 Å². The number of hydrogen-bond donors (Lipinski definition) is 0. The van der Waals surface area contributed by atoms with E-state index in [4.69, 9.17) is 18.9 Å². The van der Waals surface area contributed by atoms with Crippen LogP contribution in [0.3, 0.4) is 0 Å². The summed E-state index contributed by atoms with van der Waals surface area (Å²) in [6.07, 6.45) is 15.8. The number of benzene rings is 2. The highest BCUT2D eigenvalue weighted by Gasteiger charge is 2.34. The summed E-state index contributed by atoms with van der Waals surface area (Å²) in [5.41, 5.74) is 5.57. The summed E-state index contributed by atoms with van der Waals surface area (Å²) < 4.78 is 25.3. The molecule has 1 atom stereocenters. The summed E-state index contributed by atoms with van der Waals surface area (Å²) in [5, 5.41) is 2.16. The van der Waals surface area contributed by atoms with Gasteiger partial charge in [0, 0.05) is 35.6 Å². The highest BCUT2D eigenvalue weighted by molar-refractivity contribution is 6.22. The molecular weight excluding hydrogens is 566 g/mol. The third-order valence-corrected chi connectivity index (χ3v) is 9.78. The Balaban J connectivity index is 1.04. The fourth-order valence-corrected chi connectivity index (χ4v) is 7.03. The number of Topliss-reactive ketones (excluding diaryl/α,β-unsaturated/α-hetero) is 1.